The number of nitrogens with zero attached hydrogens (tertiary/aromatic N) is 2. The summed E-state index contributed by atoms with van der Waals surface area (Å²) in [7, 11) is 0. The van der Waals surface area contributed by atoms with Gasteiger partial charge in [0.15, 0.2) is 0 Å². The van der Waals surface area contributed by atoms with Crippen LogP contribution >= 0.6 is 0 Å². The lowest BCUT2D eigenvalue weighted by Crippen LogP contribution is -2.43. The van der Waals surface area contributed by atoms with Crippen LogP contribution in [0.4, 0.5) is 0 Å². The van der Waals surface area contributed by atoms with Crippen LogP contribution in [0.25, 0.3) is 0 Å². The molecule has 154 valence electrons. The van der Waals surface area contributed by atoms with E-state index in [0.717, 1.165) is 44.8 Å². The van der Waals surface area contributed by atoms with Crippen LogP contribution in [-0.4, -0.2) is 54.4 Å². The van der Waals surface area contributed by atoms with Gasteiger partial charge in [-0.15, -0.1) is 0 Å². The number of amides is 2. The third kappa shape index (κ3) is 4.86. The van der Waals surface area contributed by atoms with E-state index >= 15 is 0 Å². The van der Waals surface area contributed by atoms with E-state index < -0.39 is 0 Å². The zero-order valence-electron chi connectivity index (χ0n) is 17.5. The number of carbonyl (C=O) groups excluding carboxylic acids is 2. The quantitative estimate of drug-likeness (QED) is 0.752. The second-order valence-corrected chi connectivity index (χ2v) is 8.52. The molecule has 0 bridgehead atoms. The van der Waals surface area contributed by atoms with Crippen LogP contribution in [0, 0.1) is 23.7 Å². The van der Waals surface area contributed by atoms with Crippen molar-refractivity contribution in [2.45, 2.75) is 40.0 Å². The predicted octanol–water partition coefficient (Wildman–Crippen LogP) is 3.44. The minimum absolute atomic E-state index is 0.0627. The summed E-state index contributed by atoms with van der Waals surface area (Å²) in [5.74, 6) is 2.81. The van der Waals surface area contributed by atoms with Gasteiger partial charge in [0.2, 0.25) is 11.8 Å². The Balaban J connectivity index is 1.62. The molecule has 2 aliphatic heterocycles. The molecule has 5 nitrogen and oxygen atoms in total. The van der Waals surface area contributed by atoms with Crippen LogP contribution in [0.15, 0.2) is 30.3 Å². The molecule has 2 heterocycles. The Bertz CT molecular complexity index is 653. The Morgan fingerprint density at radius 1 is 1.07 bits per heavy atom. The van der Waals surface area contributed by atoms with Crippen LogP contribution in [-0.2, 0) is 9.59 Å². The van der Waals surface area contributed by atoms with Crippen molar-refractivity contribution >= 4 is 11.8 Å². The molecule has 0 aromatic heterocycles. The molecule has 3 rings (SSSR count). The molecular formula is C23H34N2O3. The maximum Gasteiger partial charge on any atom is 0.225 e. The number of piperidine rings is 1. The standard InChI is InChI=1S/C23H34N2O3/c1-4-22(26)25-14-19(16-28-20-8-6-5-7-9-20)21(15-25)18-10-12-24(13-11-18)23(27)17(2)3/h5-9,17-19,21H,4,10-16H2,1-3H3/t19-,21-/m0/s1. The maximum atomic E-state index is 12.3. The average Bonchev–Trinajstić information content (AvgIpc) is 3.16. The van der Waals surface area contributed by atoms with Gasteiger partial charge in [0.05, 0.1) is 6.61 Å². The smallest absolute Gasteiger partial charge is 0.225 e. The second kappa shape index (κ2) is 9.44. The fraction of sp³-hybridized carbons (Fsp3) is 0.652. The lowest BCUT2D eigenvalue weighted by Gasteiger charge is -2.37. The number of hydrogen-bond donors (Lipinski definition) is 0. The predicted molar refractivity (Wildman–Crippen MR) is 110 cm³/mol. The molecule has 0 radical (unpaired) electrons. The van der Waals surface area contributed by atoms with Gasteiger partial charge in [-0.3, -0.25) is 9.59 Å². The van der Waals surface area contributed by atoms with Gasteiger partial charge in [-0.05, 0) is 36.8 Å². The minimum atomic E-state index is 0.0627. The van der Waals surface area contributed by atoms with Crippen LogP contribution < -0.4 is 4.74 Å². The number of likely N-dealkylation sites (tertiary alicyclic amines) is 2. The van der Waals surface area contributed by atoms with Crippen molar-refractivity contribution in [2.75, 3.05) is 32.8 Å². The Labute approximate surface area is 169 Å². The third-order valence-corrected chi connectivity index (χ3v) is 6.30. The molecule has 0 saturated carbocycles. The van der Waals surface area contributed by atoms with Crippen LogP contribution in [0.5, 0.6) is 5.75 Å². The molecule has 28 heavy (non-hydrogen) atoms. The number of ether oxygens (including phenoxy) is 1. The highest BCUT2D eigenvalue weighted by molar-refractivity contribution is 5.78. The highest BCUT2D eigenvalue weighted by Gasteiger charge is 2.41. The van der Waals surface area contributed by atoms with Crippen molar-refractivity contribution in [1.29, 1.82) is 0 Å². The molecule has 2 aliphatic rings. The van der Waals surface area contributed by atoms with Gasteiger partial charge in [-0.1, -0.05) is 39.0 Å². The second-order valence-electron chi connectivity index (χ2n) is 8.52. The van der Waals surface area contributed by atoms with E-state index in [0.29, 0.717) is 30.8 Å². The minimum Gasteiger partial charge on any atom is -0.493 e. The molecule has 0 aliphatic carbocycles. The molecule has 2 atom stereocenters. The number of para-hydroxylation sites is 1. The summed E-state index contributed by atoms with van der Waals surface area (Å²) in [5.41, 5.74) is 0. The van der Waals surface area contributed by atoms with Gasteiger partial charge in [0.1, 0.15) is 5.75 Å². The fourth-order valence-corrected chi connectivity index (χ4v) is 4.67. The monoisotopic (exact) mass is 386 g/mol. The Morgan fingerprint density at radius 2 is 1.75 bits per heavy atom. The Morgan fingerprint density at radius 3 is 2.36 bits per heavy atom. The number of rotatable bonds is 6. The van der Waals surface area contributed by atoms with Crippen LogP contribution in [0.1, 0.15) is 40.0 Å². The largest absolute Gasteiger partial charge is 0.493 e. The van der Waals surface area contributed by atoms with E-state index in [1.807, 2.05) is 60.9 Å². The van der Waals surface area contributed by atoms with Gasteiger partial charge in [0.25, 0.3) is 0 Å². The zero-order valence-corrected chi connectivity index (χ0v) is 17.5. The Hall–Kier alpha value is -2.04. The van der Waals surface area contributed by atoms with Crippen molar-refractivity contribution in [3.8, 4) is 5.75 Å². The summed E-state index contributed by atoms with van der Waals surface area (Å²) in [4.78, 5) is 28.6. The van der Waals surface area contributed by atoms with Crippen molar-refractivity contribution in [3.63, 3.8) is 0 Å². The van der Waals surface area contributed by atoms with Gasteiger partial charge in [-0.2, -0.15) is 0 Å². The highest BCUT2D eigenvalue weighted by Crippen LogP contribution is 2.36. The summed E-state index contributed by atoms with van der Waals surface area (Å²) in [6, 6.07) is 9.91. The van der Waals surface area contributed by atoms with Crippen LogP contribution in [0.2, 0.25) is 0 Å². The van der Waals surface area contributed by atoms with Gasteiger partial charge < -0.3 is 14.5 Å². The molecule has 2 amide bonds. The van der Waals surface area contributed by atoms with Gasteiger partial charge in [0, 0.05) is 44.4 Å². The van der Waals surface area contributed by atoms with E-state index in [1.165, 1.54) is 0 Å². The highest BCUT2D eigenvalue weighted by atomic mass is 16.5. The molecule has 5 heteroatoms. The topological polar surface area (TPSA) is 49.9 Å². The molecule has 2 saturated heterocycles. The van der Waals surface area contributed by atoms with Crippen molar-refractivity contribution in [1.82, 2.24) is 9.80 Å². The van der Waals surface area contributed by atoms with Crippen molar-refractivity contribution in [3.05, 3.63) is 30.3 Å². The maximum absolute atomic E-state index is 12.3. The number of carbonyl (C=O) groups is 2. The summed E-state index contributed by atoms with van der Waals surface area (Å²) in [5, 5.41) is 0. The molecule has 0 N–H and O–H groups in total. The summed E-state index contributed by atoms with van der Waals surface area (Å²) in [6.45, 7) is 9.81. The first-order chi connectivity index (χ1) is 13.5. The van der Waals surface area contributed by atoms with Crippen molar-refractivity contribution < 1.29 is 14.3 Å². The van der Waals surface area contributed by atoms with E-state index in [-0.39, 0.29) is 17.7 Å². The number of hydrogen-bond acceptors (Lipinski definition) is 3. The lowest BCUT2D eigenvalue weighted by molar-refractivity contribution is -0.136. The SMILES string of the molecule is CCC(=O)N1C[C@@H](COc2ccccc2)[C@H](C2CCN(C(=O)C(C)C)CC2)C1. The first-order valence-corrected chi connectivity index (χ1v) is 10.7. The zero-order chi connectivity index (χ0) is 20.1. The Kier molecular flexibility index (Phi) is 6.97. The van der Waals surface area contributed by atoms with E-state index in [9.17, 15) is 9.59 Å². The lowest BCUT2D eigenvalue weighted by atomic mass is 9.78. The normalized spacial score (nSPS) is 23.3. The summed E-state index contributed by atoms with van der Waals surface area (Å²) in [6.07, 6.45) is 2.61. The average molecular weight is 387 g/mol. The first-order valence-electron chi connectivity index (χ1n) is 10.7. The number of benzene rings is 1. The summed E-state index contributed by atoms with van der Waals surface area (Å²) >= 11 is 0. The molecule has 1 aromatic carbocycles. The van der Waals surface area contributed by atoms with Crippen LogP contribution in [0.3, 0.4) is 0 Å². The van der Waals surface area contributed by atoms with Gasteiger partial charge >= 0.3 is 0 Å². The molecular weight excluding hydrogens is 352 g/mol. The fourth-order valence-electron chi connectivity index (χ4n) is 4.67. The molecule has 0 spiro atoms. The van der Waals surface area contributed by atoms with E-state index in [4.69, 9.17) is 4.74 Å². The molecule has 1 aromatic rings. The molecule has 0 unspecified atom stereocenters. The van der Waals surface area contributed by atoms with E-state index in [1.54, 1.807) is 0 Å². The summed E-state index contributed by atoms with van der Waals surface area (Å²) < 4.78 is 6.06. The third-order valence-electron chi connectivity index (χ3n) is 6.30. The molecule has 2 fully saturated rings. The van der Waals surface area contributed by atoms with Crippen molar-refractivity contribution in [2.24, 2.45) is 23.7 Å². The first kappa shape index (κ1) is 20.7. The van der Waals surface area contributed by atoms with E-state index in [2.05, 4.69) is 0 Å². The van der Waals surface area contributed by atoms with Gasteiger partial charge in [-0.25, -0.2) is 0 Å².